The van der Waals surface area contributed by atoms with Crippen molar-refractivity contribution in [1.29, 1.82) is 0 Å². The van der Waals surface area contributed by atoms with Gasteiger partial charge in [-0.2, -0.15) is 0 Å². The summed E-state index contributed by atoms with van der Waals surface area (Å²) in [7, 11) is 1.87. The molecule has 0 heterocycles. The Bertz CT molecular complexity index is 674. The van der Waals surface area contributed by atoms with Gasteiger partial charge in [-0.05, 0) is 53.2 Å². The Morgan fingerprint density at radius 1 is 1.29 bits per heavy atom. The molecule has 2 aromatic rings. The van der Waals surface area contributed by atoms with Crippen molar-refractivity contribution in [3.8, 4) is 11.5 Å². The lowest BCUT2D eigenvalue weighted by molar-refractivity contribution is -0.385. The average molecular weight is 351 g/mol. The largest absolute Gasteiger partial charge is 0.456 e. The van der Waals surface area contributed by atoms with Gasteiger partial charge in [0.25, 0.3) is 5.69 Å². The number of aryl methyl sites for hydroxylation is 1. The summed E-state index contributed by atoms with van der Waals surface area (Å²) in [4.78, 5) is 10.5. The zero-order valence-corrected chi connectivity index (χ0v) is 13.3. The first-order chi connectivity index (χ1) is 10.0. The van der Waals surface area contributed by atoms with Crippen LogP contribution in [-0.2, 0) is 6.54 Å². The van der Waals surface area contributed by atoms with E-state index in [1.54, 1.807) is 12.1 Å². The van der Waals surface area contributed by atoms with Crippen LogP contribution in [0.3, 0.4) is 0 Å². The summed E-state index contributed by atoms with van der Waals surface area (Å²) >= 11 is 3.23. The van der Waals surface area contributed by atoms with Crippen molar-refractivity contribution >= 4 is 21.6 Å². The zero-order valence-electron chi connectivity index (χ0n) is 11.7. The fourth-order valence-electron chi connectivity index (χ4n) is 1.91. The molecule has 6 heteroatoms. The molecular formula is C15H15BrN2O3. The highest BCUT2D eigenvalue weighted by Gasteiger charge is 2.17. The third-order valence-electron chi connectivity index (χ3n) is 2.99. The van der Waals surface area contributed by atoms with E-state index in [0.29, 0.717) is 16.0 Å². The Kier molecular flexibility index (Phi) is 4.93. The number of nitro groups is 1. The molecule has 0 unspecified atom stereocenters. The van der Waals surface area contributed by atoms with Crippen LogP contribution in [0.5, 0.6) is 11.5 Å². The highest BCUT2D eigenvalue weighted by molar-refractivity contribution is 9.10. The molecule has 2 aromatic carbocycles. The molecule has 0 radical (unpaired) electrons. The van der Waals surface area contributed by atoms with Crippen molar-refractivity contribution in [3.05, 3.63) is 62.1 Å². The summed E-state index contributed by atoms with van der Waals surface area (Å²) in [6.45, 7) is 2.66. The van der Waals surface area contributed by atoms with Crippen LogP contribution in [0.4, 0.5) is 5.69 Å². The molecule has 0 aromatic heterocycles. The van der Waals surface area contributed by atoms with E-state index in [1.165, 1.54) is 6.07 Å². The standard InChI is InChI=1S/C15H15BrN2O3/c1-10-6-7-11(9-17-2)8-14(10)21-13-5-3-4-12(15(13)16)18(19)20/h3-8,17H,9H2,1-2H3. The molecule has 0 aliphatic carbocycles. The number of hydrogen-bond donors (Lipinski definition) is 1. The summed E-state index contributed by atoms with van der Waals surface area (Å²) in [6, 6.07) is 10.6. The van der Waals surface area contributed by atoms with Crippen LogP contribution in [0.15, 0.2) is 40.9 Å². The molecule has 0 aliphatic rings. The molecule has 0 atom stereocenters. The maximum absolute atomic E-state index is 10.9. The van der Waals surface area contributed by atoms with E-state index < -0.39 is 4.92 Å². The number of benzene rings is 2. The number of nitrogens with zero attached hydrogens (tertiary/aromatic N) is 1. The number of hydrogen-bond acceptors (Lipinski definition) is 4. The van der Waals surface area contributed by atoms with Crippen LogP contribution in [0.1, 0.15) is 11.1 Å². The highest BCUT2D eigenvalue weighted by atomic mass is 79.9. The van der Waals surface area contributed by atoms with Crippen molar-refractivity contribution in [2.45, 2.75) is 13.5 Å². The van der Waals surface area contributed by atoms with Crippen molar-refractivity contribution in [3.63, 3.8) is 0 Å². The Morgan fingerprint density at radius 2 is 2.05 bits per heavy atom. The van der Waals surface area contributed by atoms with E-state index in [1.807, 2.05) is 32.2 Å². The van der Waals surface area contributed by atoms with Gasteiger partial charge in [0.2, 0.25) is 0 Å². The van der Waals surface area contributed by atoms with Gasteiger partial charge in [0, 0.05) is 12.6 Å². The maximum atomic E-state index is 10.9. The number of nitro benzene ring substituents is 1. The molecule has 1 N–H and O–H groups in total. The number of ether oxygens (including phenoxy) is 1. The van der Waals surface area contributed by atoms with Gasteiger partial charge in [-0.15, -0.1) is 0 Å². The molecule has 0 amide bonds. The quantitative estimate of drug-likeness (QED) is 0.648. The fraction of sp³-hybridized carbons (Fsp3) is 0.200. The van der Waals surface area contributed by atoms with Gasteiger partial charge in [0.05, 0.1) is 4.92 Å². The first-order valence-electron chi connectivity index (χ1n) is 6.38. The van der Waals surface area contributed by atoms with Gasteiger partial charge in [-0.1, -0.05) is 18.2 Å². The predicted octanol–water partition coefficient (Wildman–Crippen LogP) is 4.18. The van der Waals surface area contributed by atoms with E-state index in [0.717, 1.165) is 17.7 Å². The van der Waals surface area contributed by atoms with E-state index in [-0.39, 0.29) is 5.69 Å². The minimum absolute atomic E-state index is 0.0171. The third kappa shape index (κ3) is 3.59. The highest BCUT2D eigenvalue weighted by Crippen LogP contribution is 2.37. The summed E-state index contributed by atoms with van der Waals surface area (Å²) in [5, 5.41) is 14.0. The molecule has 0 bridgehead atoms. The van der Waals surface area contributed by atoms with Crippen molar-refractivity contribution < 1.29 is 9.66 Å². The maximum Gasteiger partial charge on any atom is 0.287 e. The lowest BCUT2D eigenvalue weighted by Crippen LogP contribution is -2.05. The lowest BCUT2D eigenvalue weighted by atomic mass is 10.1. The molecule has 21 heavy (non-hydrogen) atoms. The molecule has 5 nitrogen and oxygen atoms in total. The first-order valence-corrected chi connectivity index (χ1v) is 7.17. The minimum atomic E-state index is -0.443. The second kappa shape index (κ2) is 6.69. The first kappa shape index (κ1) is 15.5. The Morgan fingerprint density at radius 3 is 2.71 bits per heavy atom. The molecule has 0 saturated heterocycles. The van der Waals surface area contributed by atoms with Crippen LogP contribution >= 0.6 is 15.9 Å². The Balaban J connectivity index is 2.36. The van der Waals surface area contributed by atoms with E-state index in [9.17, 15) is 10.1 Å². The van der Waals surface area contributed by atoms with Crippen LogP contribution < -0.4 is 10.1 Å². The smallest absolute Gasteiger partial charge is 0.287 e. The second-order valence-electron chi connectivity index (χ2n) is 4.58. The van der Waals surface area contributed by atoms with Gasteiger partial charge in [-0.25, -0.2) is 0 Å². The van der Waals surface area contributed by atoms with Gasteiger partial charge in [0.15, 0.2) is 0 Å². The van der Waals surface area contributed by atoms with Gasteiger partial charge in [-0.3, -0.25) is 10.1 Å². The lowest BCUT2D eigenvalue weighted by Gasteiger charge is -2.12. The number of rotatable bonds is 5. The van der Waals surface area contributed by atoms with E-state index in [4.69, 9.17) is 4.74 Å². The molecule has 0 spiro atoms. The third-order valence-corrected chi connectivity index (χ3v) is 3.79. The summed E-state index contributed by atoms with van der Waals surface area (Å²) in [5.41, 5.74) is 2.03. The monoisotopic (exact) mass is 350 g/mol. The molecule has 0 aliphatic heterocycles. The molecule has 0 saturated carbocycles. The molecular weight excluding hydrogens is 336 g/mol. The summed E-state index contributed by atoms with van der Waals surface area (Å²) in [5.74, 6) is 1.11. The topological polar surface area (TPSA) is 64.4 Å². The Labute approximate surface area is 131 Å². The molecule has 110 valence electrons. The van der Waals surface area contributed by atoms with Crippen LogP contribution in [0.2, 0.25) is 0 Å². The zero-order chi connectivity index (χ0) is 15.4. The van der Waals surface area contributed by atoms with E-state index in [2.05, 4.69) is 21.2 Å². The fourth-order valence-corrected chi connectivity index (χ4v) is 2.40. The molecule has 2 rings (SSSR count). The SMILES string of the molecule is CNCc1ccc(C)c(Oc2cccc([N+](=O)[O-])c2Br)c1. The van der Waals surface area contributed by atoms with Crippen LogP contribution in [0.25, 0.3) is 0 Å². The minimum Gasteiger partial charge on any atom is -0.456 e. The summed E-state index contributed by atoms with van der Waals surface area (Å²) in [6.07, 6.45) is 0. The van der Waals surface area contributed by atoms with Crippen molar-refractivity contribution in [2.24, 2.45) is 0 Å². The summed E-state index contributed by atoms with van der Waals surface area (Å²) < 4.78 is 6.18. The van der Waals surface area contributed by atoms with Gasteiger partial charge >= 0.3 is 0 Å². The van der Waals surface area contributed by atoms with Gasteiger partial charge in [0.1, 0.15) is 16.0 Å². The van der Waals surface area contributed by atoms with E-state index >= 15 is 0 Å². The van der Waals surface area contributed by atoms with Crippen molar-refractivity contribution in [1.82, 2.24) is 5.32 Å². The predicted molar refractivity (Wildman–Crippen MR) is 84.8 cm³/mol. The van der Waals surface area contributed by atoms with Crippen LogP contribution in [0, 0.1) is 17.0 Å². The number of halogens is 1. The normalized spacial score (nSPS) is 10.4. The molecule has 0 fully saturated rings. The second-order valence-corrected chi connectivity index (χ2v) is 5.37. The Hall–Kier alpha value is -1.92. The van der Waals surface area contributed by atoms with Crippen LogP contribution in [-0.4, -0.2) is 12.0 Å². The van der Waals surface area contributed by atoms with Crippen molar-refractivity contribution in [2.75, 3.05) is 7.05 Å². The van der Waals surface area contributed by atoms with Gasteiger partial charge < -0.3 is 10.1 Å². The number of nitrogens with one attached hydrogen (secondary N) is 1. The average Bonchev–Trinajstić information content (AvgIpc) is 2.44.